The zero-order valence-electron chi connectivity index (χ0n) is 14.5. The first-order chi connectivity index (χ1) is 12.6. The van der Waals surface area contributed by atoms with E-state index in [4.69, 9.17) is 4.74 Å². The lowest BCUT2D eigenvalue weighted by atomic mass is 9.87. The molecule has 2 fully saturated rings. The third-order valence-corrected chi connectivity index (χ3v) is 5.66. The van der Waals surface area contributed by atoms with Gasteiger partial charge in [-0.25, -0.2) is 0 Å². The van der Waals surface area contributed by atoms with Crippen molar-refractivity contribution in [1.82, 2.24) is 10.2 Å². The standard InChI is InChI=1S/C21H20N2O3/c24-19-7-9-21(22-19)12-23(13-21)20(25)15-3-1-14(2-4-15)16-5-6-18-17(11-16)8-10-26-18/h1-6,11H,7-10,12-13H2,(H,22,24). The van der Waals surface area contributed by atoms with E-state index in [2.05, 4.69) is 17.4 Å². The Balaban J connectivity index is 1.30. The van der Waals surface area contributed by atoms with Gasteiger partial charge in [-0.15, -0.1) is 0 Å². The van der Waals surface area contributed by atoms with Gasteiger partial charge in [0.1, 0.15) is 5.75 Å². The molecule has 0 atom stereocenters. The Hall–Kier alpha value is -2.82. The summed E-state index contributed by atoms with van der Waals surface area (Å²) in [4.78, 5) is 25.9. The van der Waals surface area contributed by atoms with Crippen LogP contribution in [0.25, 0.3) is 11.1 Å². The van der Waals surface area contributed by atoms with E-state index in [1.165, 1.54) is 5.56 Å². The largest absolute Gasteiger partial charge is 0.493 e. The maximum Gasteiger partial charge on any atom is 0.254 e. The van der Waals surface area contributed by atoms with Gasteiger partial charge >= 0.3 is 0 Å². The van der Waals surface area contributed by atoms with E-state index in [1.54, 1.807) is 0 Å². The Morgan fingerprint density at radius 2 is 1.81 bits per heavy atom. The van der Waals surface area contributed by atoms with E-state index in [-0.39, 0.29) is 17.4 Å². The number of benzene rings is 2. The highest BCUT2D eigenvalue weighted by Crippen LogP contribution is 2.33. The van der Waals surface area contributed by atoms with Crippen LogP contribution in [0.5, 0.6) is 5.75 Å². The second-order valence-corrected chi connectivity index (χ2v) is 7.49. The van der Waals surface area contributed by atoms with Crippen molar-refractivity contribution in [2.45, 2.75) is 24.8 Å². The molecule has 2 aromatic carbocycles. The van der Waals surface area contributed by atoms with E-state index in [9.17, 15) is 9.59 Å². The maximum absolute atomic E-state index is 12.6. The van der Waals surface area contributed by atoms with Gasteiger partial charge in [-0.1, -0.05) is 18.2 Å². The first-order valence-corrected chi connectivity index (χ1v) is 9.08. The zero-order valence-corrected chi connectivity index (χ0v) is 14.5. The Labute approximate surface area is 152 Å². The molecule has 0 aromatic heterocycles. The molecular formula is C21H20N2O3. The third kappa shape index (κ3) is 2.46. The Morgan fingerprint density at radius 3 is 2.54 bits per heavy atom. The Kier molecular flexibility index (Phi) is 3.32. The lowest BCUT2D eigenvalue weighted by Crippen LogP contribution is -2.68. The molecule has 5 nitrogen and oxygen atoms in total. The van der Waals surface area contributed by atoms with Crippen molar-refractivity contribution in [2.75, 3.05) is 19.7 Å². The van der Waals surface area contributed by atoms with E-state index >= 15 is 0 Å². The van der Waals surface area contributed by atoms with Crippen molar-refractivity contribution in [3.63, 3.8) is 0 Å². The number of hydrogen-bond acceptors (Lipinski definition) is 3. The molecule has 0 bridgehead atoms. The Bertz CT molecular complexity index is 898. The van der Waals surface area contributed by atoms with Gasteiger partial charge in [-0.2, -0.15) is 0 Å². The predicted octanol–water partition coefficient (Wildman–Crippen LogP) is 2.39. The van der Waals surface area contributed by atoms with Crippen LogP contribution in [0.4, 0.5) is 0 Å². The van der Waals surface area contributed by atoms with Crippen LogP contribution in [0, 0.1) is 0 Å². The smallest absolute Gasteiger partial charge is 0.254 e. The van der Waals surface area contributed by atoms with Gasteiger partial charge in [0.15, 0.2) is 0 Å². The molecule has 0 unspecified atom stereocenters. The molecule has 3 aliphatic rings. The minimum absolute atomic E-state index is 0.0330. The van der Waals surface area contributed by atoms with Crippen LogP contribution in [-0.4, -0.2) is 41.9 Å². The van der Waals surface area contributed by atoms with E-state index in [0.29, 0.717) is 25.1 Å². The molecule has 5 heteroatoms. The second kappa shape index (κ2) is 5.59. The van der Waals surface area contributed by atoms with Gasteiger partial charge in [0.25, 0.3) is 5.91 Å². The fourth-order valence-electron chi connectivity index (χ4n) is 4.19. The molecule has 2 aromatic rings. The minimum atomic E-state index is -0.167. The normalized spacial score (nSPS) is 19.7. The van der Waals surface area contributed by atoms with Crippen LogP contribution in [0.15, 0.2) is 42.5 Å². The second-order valence-electron chi connectivity index (χ2n) is 7.49. The summed E-state index contributed by atoms with van der Waals surface area (Å²) in [5.74, 6) is 1.11. The van der Waals surface area contributed by atoms with Crippen molar-refractivity contribution in [3.8, 4) is 16.9 Å². The van der Waals surface area contributed by atoms with Crippen LogP contribution < -0.4 is 10.1 Å². The average molecular weight is 348 g/mol. The van der Waals surface area contributed by atoms with Gasteiger partial charge in [0, 0.05) is 31.5 Å². The van der Waals surface area contributed by atoms with Crippen LogP contribution in [-0.2, 0) is 11.2 Å². The van der Waals surface area contributed by atoms with E-state index in [0.717, 1.165) is 36.3 Å². The number of carbonyl (C=O) groups excluding carboxylic acids is 2. The topological polar surface area (TPSA) is 58.6 Å². The number of rotatable bonds is 2. The molecular weight excluding hydrogens is 328 g/mol. The quantitative estimate of drug-likeness (QED) is 0.907. The van der Waals surface area contributed by atoms with Crippen LogP contribution in [0.1, 0.15) is 28.8 Å². The van der Waals surface area contributed by atoms with E-state index in [1.807, 2.05) is 35.2 Å². The molecule has 26 heavy (non-hydrogen) atoms. The monoisotopic (exact) mass is 348 g/mol. The number of carbonyl (C=O) groups is 2. The predicted molar refractivity (Wildman–Crippen MR) is 97.1 cm³/mol. The molecule has 1 N–H and O–H groups in total. The highest BCUT2D eigenvalue weighted by Gasteiger charge is 2.49. The van der Waals surface area contributed by atoms with Crippen molar-refractivity contribution in [2.24, 2.45) is 0 Å². The number of nitrogens with zero attached hydrogens (tertiary/aromatic N) is 1. The van der Waals surface area contributed by atoms with Gasteiger partial charge in [-0.3, -0.25) is 9.59 Å². The number of fused-ring (bicyclic) bond motifs is 1. The average Bonchev–Trinajstić information content (AvgIpc) is 3.26. The zero-order chi connectivity index (χ0) is 17.7. The maximum atomic E-state index is 12.6. The molecule has 0 saturated carbocycles. The summed E-state index contributed by atoms with van der Waals surface area (Å²) in [5.41, 5.74) is 4.01. The van der Waals surface area contributed by atoms with Crippen LogP contribution >= 0.6 is 0 Å². The fourth-order valence-corrected chi connectivity index (χ4v) is 4.19. The van der Waals surface area contributed by atoms with Crippen LogP contribution in [0.2, 0.25) is 0 Å². The summed E-state index contributed by atoms with van der Waals surface area (Å²) in [6.07, 6.45) is 2.35. The molecule has 3 heterocycles. The third-order valence-electron chi connectivity index (χ3n) is 5.66. The lowest BCUT2D eigenvalue weighted by Gasteiger charge is -2.47. The molecule has 132 valence electrons. The molecule has 2 saturated heterocycles. The van der Waals surface area contributed by atoms with Crippen molar-refractivity contribution >= 4 is 11.8 Å². The van der Waals surface area contributed by atoms with Crippen molar-refractivity contribution in [3.05, 3.63) is 53.6 Å². The fraction of sp³-hybridized carbons (Fsp3) is 0.333. The SMILES string of the molecule is O=C1CCC2(CN(C(=O)c3ccc(-c4ccc5c(c4)CCO5)cc3)C2)N1. The summed E-state index contributed by atoms with van der Waals surface area (Å²) < 4.78 is 5.55. The van der Waals surface area contributed by atoms with Gasteiger partial charge < -0.3 is 15.0 Å². The number of nitrogens with one attached hydrogen (secondary N) is 1. The van der Waals surface area contributed by atoms with Gasteiger partial charge in [0.05, 0.1) is 12.1 Å². The molecule has 2 amide bonds. The van der Waals surface area contributed by atoms with Crippen LogP contribution in [0.3, 0.4) is 0 Å². The highest BCUT2D eigenvalue weighted by atomic mass is 16.5. The molecule has 5 rings (SSSR count). The molecule has 0 radical (unpaired) electrons. The van der Waals surface area contributed by atoms with Crippen molar-refractivity contribution < 1.29 is 14.3 Å². The van der Waals surface area contributed by atoms with Gasteiger partial charge in [-0.05, 0) is 47.4 Å². The number of hydrogen-bond donors (Lipinski definition) is 1. The first-order valence-electron chi connectivity index (χ1n) is 9.08. The molecule has 3 aliphatic heterocycles. The highest BCUT2D eigenvalue weighted by molar-refractivity contribution is 5.96. The summed E-state index contributed by atoms with van der Waals surface area (Å²) in [6, 6.07) is 14.0. The lowest BCUT2D eigenvalue weighted by molar-refractivity contribution is -0.120. The summed E-state index contributed by atoms with van der Waals surface area (Å²) >= 11 is 0. The first kappa shape index (κ1) is 15.4. The minimum Gasteiger partial charge on any atom is -0.493 e. The summed E-state index contributed by atoms with van der Waals surface area (Å²) in [5, 5.41) is 3.01. The van der Waals surface area contributed by atoms with Gasteiger partial charge in [0.2, 0.25) is 5.91 Å². The van der Waals surface area contributed by atoms with Crippen molar-refractivity contribution in [1.29, 1.82) is 0 Å². The Morgan fingerprint density at radius 1 is 1.04 bits per heavy atom. The summed E-state index contributed by atoms with van der Waals surface area (Å²) in [6.45, 7) is 1.98. The van der Waals surface area contributed by atoms with E-state index < -0.39 is 0 Å². The number of amides is 2. The number of likely N-dealkylation sites (tertiary alicyclic amines) is 1. The summed E-state index contributed by atoms with van der Waals surface area (Å²) in [7, 11) is 0. The molecule has 0 aliphatic carbocycles. The number of ether oxygens (including phenoxy) is 1. The molecule has 1 spiro atoms.